The average Bonchev–Trinajstić information content (AvgIpc) is 3.12. The van der Waals surface area contributed by atoms with Crippen LogP contribution in [0.4, 0.5) is 0 Å². The normalized spacial score (nSPS) is 11.6. The Kier molecular flexibility index (Phi) is 6.00. The Hall–Kier alpha value is -2.55. The highest BCUT2D eigenvalue weighted by Gasteiger charge is 2.13. The molecule has 2 aromatic heterocycles. The van der Waals surface area contributed by atoms with E-state index >= 15 is 0 Å². The molecule has 3 aromatic rings. The first-order chi connectivity index (χ1) is 13.0. The zero-order chi connectivity index (χ0) is 19.3. The molecule has 3 rings (SSSR count). The number of pyridine rings is 1. The van der Waals surface area contributed by atoms with E-state index in [9.17, 15) is 13.5 Å². The molecule has 0 saturated carbocycles. The van der Waals surface area contributed by atoms with Crippen LogP contribution in [0.2, 0.25) is 0 Å². The van der Waals surface area contributed by atoms with Crippen molar-refractivity contribution in [3.05, 3.63) is 60.6 Å². The lowest BCUT2D eigenvalue weighted by molar-refractivity contribution is 0.269. The summed E-state index contributed by atoms with van der Waals surface area (Å²) in [6.07, 6.45) is 5.33. The maximum Gasteiger partial charge on any atom is 0.211 e. The predicted molar refractivity (Wildman–Crippen MR) is 104 cm³/mol. The Morgan fingerprint density at radius 3 is 2.41 bits per heavy atom. The number of hydrogen-bond acceptors (Lipinski definition) is 5. The summed E-state index contributed by atoms with van der Waals surface area (Å²) >= 11 is 0. The van der Waals surface area contributed by atoms with Crippen LogP contribution in [-0.2, 0) is 23.1 Å². The Bertz CT molecular complexity index is 984. The second kappa shape index (κ2) is 8.43. The molecule has 2 heterocycles. The zero-order valence-electron chi connectivity index (χ0n) is 15.0. The largest absolute Gasteiger partial charge is 0.394 e. The summed E-state index contributed by atoms with van der Waals surface area (Å²) in [7, 11) is -3.22. The Morgan fingerprint density at radius 2 is 1.78 bits per heavy atom. The fraction of sp³-hybridized carbons (Fsp3) is 0.263. The molecule has 8 heteroatoms. The van der Waals surface area contributed by atoms with Crippen LogP contribution in [0.3, 0.4) is 0 Å². The van der Waals surface area contributed by atoms with Crippen molar-refractivity contribution >= 4 is 10.0 Å². The number of aliphatic hydroxyl groups is 1. The summed E-state index contributed by atoms with van der Waals surface area (Å²) in [5, 5.41) is 13.8. The van der Waals surface area contributed by atoms with Crippen LogP contribution in [-0.4, -0.2) is 40.6 Å². The van der Waals surface area contributed by atoms with E-state index in [4.69, 9.17) is 0 Å². The number of nitrogens with one attached hydrogen (secondary N) is 1. The number of aliphatic hydroxyl groups excluding tert-OH is 1. The van der Waals surface area contributed by atoms with Crippen LogP contribution in [0, 0.1) is 0 Å². The zero-order valence-corrected chi connectivity index (χ0v) is 15.9. The molecule has 2 N–H and O–H groups in total. The van der Waals surface area contributed by atoms with Crippen molar-refractivity contribution in [2.75, 3.05) is 12.4 Å². The molecule has 0 fully saturated rings. The molecule has 7 nitrogen and oxygen atoms in total. The summed E-state index contributed by atoms with van der Waals surface area (Å²) in [4.78, 5) is 4.04. The topological polar surface area (TPSA) is 97.1 Å². The number of sulfonamides is 1. The standard InChI is InChI=1S/C19H22N4O3S/c1-2-27(25,26)21-13-15-3-5-16(6-4-15)18-14-23(11-12-24)22-19(18)17-7-9-20-10-8-17/h3-10,14,21,24H,2,11-13H2,1H3. The lowest BCUT2D eigenvalue weighted by Crippen LogP contribution is -2.24. The van der Waals surface area contributed by atoms with Gasteiger partial charge in [-0.25, -0.2) is 13.1 Å². The van der Waals surface area contributed by atoms with Crippen molar-refractivity contribution in [2.45, 2.75) is 20.0 Å². The van der Waals surface area contributed by atoms with Crippen molar-refractivity contribution in [3.63, 3.8) is 0 Å². The van der Waals surface area contributed by atoms with E-state index in [2.05, 4.69) is 14.8 Å². The number of nitrogens with zero attached hydrogens (tertiary/aromatic N) is 3. The molecule has 0 radical (unpaired) electrons. The van der Waals surface area contributed by atoms with Crippen molar-refractivity contribution < 1.29 is 13.5 Å². The molecular weight excluding hydrogens is 364 g/mol. The maximum absolute atomic E-state index is 11.6. The fourth-order valence-corrected chi connectivity index (χ4v) is 3.26. The second-order valence-corrected chi connectivity index (χ2v) is 8.13. The van der Waals surface area contributed by atoms with Gasteiger partial charge in [0.1, 0.15) is 5.69 Å². The smallest absolute Gasteiger partial charge is 0.211 e. The highest BCUT2D eigenvalue weighted by molar-refractivity contribution is 7.89. The predicted octanol–water partition coefficient (Wildman–Crippen LogP) is 2.04. The minimum absolute atomic E-state index is 0.00736. The first-order valence-electron chi connectivity index (χ1n) is 8.68. The van der Waals surface area contributed by atoms with Crippen LogP contribution in [0.15, 0.2) is 55.0 Å². The van der Waals surface area contributed by atoms with Gasteiger partial charge in [-0.05, 0) is 30.2 Å². The van der Waals surface area contributed by atoms with E-state index < -0.39 is 10.0 Å². The van der Waals surface area contributed by atoms with Crippen LogP contribution < -0.4 is 4.72 Å². The van der Waals surface area contributed by atoms with E-state index in [-0.39, 0.29) is 18.9 Å². The van der Waals surface area contributed by atoms with Gasteiger partial charge in [-0.1, -0.05) is 24.3 Å². The van der Waals surface area contributed by atoms with Gasteiger partial charge in [-0.2, -0.15) is 5.10 Å². The molecule has 1 aromatic carbocycles. The SMILES string of the molecule is CCS(=O)(=O)NCc1ccc(-c2cn(CCO)nc2-c2ccncc2)cc1. The second-order valence-electron chi connectivity index (χ2n) is 6.04. The van der Waals surface area contributed by atoms with E-state index in [1.165, 1.54) is 0 Å². The molecule has 0 aliphatic rings. The van der Waals surface area contributed by atoms with Crippen LogP contribution in [0.25, 0.3) is 22.4 Å². The van der Waals surface area contributed by atoms with Crippen molar-refractivity contribution in [2.24, 2.45) is 0 Å². The van der Waals surface area contributed by atoms with Gasteiger partial charge < -0.3 is 5.11 Å². The van der Waals surface area contributed by atoms with Gasteiger partial charge in [0.05, 0.1) is 18.9 Å². The van der Waals surface area contributed by atoms with E-state index in [0.29, 0.717) is 6.54 Å². The molecule has 0 atom stereocenters. The molecule has 27 heavy (non-hydrogen) atoms. The molecule has 142 valence electrons. The van der Waals surface area contributed by atoms with Crippen molar-refractivity contribution in [1.29, 1.82) is 0 Å². The summed E-state index contributed by atoms with van der Waals surface area (Å²) in [5.74, 6) is 0.0599. The van der Waals surface area contributed by atoms with Gasteiger partial charge in [-0.15, -0.1) is 0 Å². The van der Waals surface area contributed by atoms with Crippen LogP contribution in [0.1, 0.15) is 12.5 Å². The minimum Gasteiger partial charge on any atom is -0.394 e. The van der Waals surface area contributed by atoms with E-state index in [0.717, 1.165) is 27.9 Å². The summed E-state index contributed by atoms with van der Waals surface area (Å²) in [5.41, 5.74) is 4.54. The summed E-state index contributed by atoms with van der Waals surface area (Å²) < 4.78 is 27.4. The van der Waals surface area contributed by atoms with Gasteiger partial charge in [0.15, 0.2) is 0 Å². The summed E-state index contributed by atoms with van der Waals surface area (Å²) in [6, 6.07) is 11.5. The fourth-order valence-electron chi connectivity index (χ4n) is 2.67. The third-order valence-electron chi connectivity index (χ3n) is 4.19. The van der Waals surface area contributed by atoms with Gasteiger partial charge in [0.2, 0.25) is 10.0 Å². The molecule has 0 unspecified atom stereocenters. The number of benzene rings is 1. The Morgan fingerprint density at radius 1 is 1.07 bits per heavy atom. The van der Waals surface area contributed by atoms with Gasteiger partial charge in [0.25, 0.3) is 0 Å². The quantitative estimate of drug-likeness (QED) is 0.617. The Labute approximate surface area is 158 Å². The van der Waals surface area contributed by atoms with E-state index in [1.807, 2.05) is 42.6 Å². The molecular formula is C19H22N4O3S. The number of rotatable bonds is 8. The lowest BCUT2D eigenvalue weighted by Gasteiger charge is -2.06. The first kappa shape index (κ1) is 19.2. The third kappa shape index (κ3) is 4.79. The molecule has 0 aliphatic heterocycles. The minimum atomic E-state index is -3.22. The molecule has 0 saturated heterocycles. The van der Waals surface area contributed by atoms with Crippen molar-refractivity contribution in [3.8, 4) is 22.4 Å². The highest BCUT2D eigenvalue weighted by Crippen LogP contribution is 2.31. The molecule has 0 aliphatic carbocycles. The molecule has 0 spiro atoms. The van der Waals surface area contributed by atoms with Crippen LogP contribution >= 0.6 is 0 Å². The molecule has 0 bridgehead atoms. The van der Waals surface area contributed by atoms with Gasteiger partial charge in [0, 0.05) is 36.3 Å². The lowest BCUT2D eigenvalue weighted by atomic mass is 10.0. The van der Waals surface area contributed by atoms with Crippen LogP contribution in [0.5, 0.6) is 0 Å². The maximum atomic E-state index is 11.6. The number of aromatic nitrogens is 3. The van der Waals surface area contributed by atoms with E-state index in [1.54, 1.807) is 24.0 Å². The highest BCUT2D eigenvalue weighted by atomic mass is 32.2. The molecule has 0 amide bonds. The third-order valence-corrected chi connectivity index (χ3v) is 5.53. The average molecular weight is 386 g/mol. The Balaban J connectivity index is 1.89. The van der Waals surface area contributed by atoms with Gasteiger partial charge in [-0.3, -0.25) is 9.67 Å². The first-order valence-corrected chi connectivity index (χ1v) is 10.3. The van der Waals surface area contributed by atoms with Gasteiger partial charge >= 0.3 is 0 Å². The number of hydrogen-bond donors (Lipinski definition) is 2. The van der Waals surface area contributed by atoms with Crippen molar-refractivity contribution in [1.82, 2.24) is 19.5 Å². The monoisotopic (exact) mass is 386 g/mol. The summed E-state index contributed by atoms with van der Waals surface area (Å²) in [6.45, 7) is 2.29.